The molecule has 2 N–H and O–H groups in total. The fourth-order valence-electron chi connectivity index (χ4n) is 2.47. The van der Waals surface area contributed by atoms with Crippen LogP contribution in [0.4, 0.5) is 0 Å². The van der Waals surface area contributed by atoms with E-state index < -0.39 is 11.4 Å². The maximum absolute atomic E-state index is 12.2. The molecule has 1 aromatic heterocycles. The molecule has 2 rings (SSSR count). The minimum absolute atomic E-state index is 0.0234. The standard InChI is InChI=1S/C18H20N2O3/c1-3-18(17(22)23,15-7-5-4-6-8-15)12-20-16(21)14-10-9-13(2)19-11-14/h4-11H,3,12H2,1-2H3,(H,20,21)(H,22,23). The quantitative estimate of drug-likeness (QED) is 0.859. The lowest BCUT2D eigenvalue weighted by molar-refractivity contribution is -0.143. The number of nitrogens with one attached hydrogen (secondary N) is 1. The molecule has 0 saturated carbocycles. The molecule has 23 heavy (non-hydrogen) atoms. The number of pyridine rings is 1. The van der Waals surface area contributed by atoms with Crippen molar-refractivity contribution >= 4 is 11.9 Å². The van der Waals surface area contributed by atoms with E-state index in [2.05, 4.69) is 10.3 Å². The molecule has 1 aromatic carbocycles. The maximum atomic E-state index is 12.2. The van der Waals surface area contributed by atoms with Crippen LogP contribution in [0.2, 0.25) is 0 Å². The van der Waals surface area contributed by atoms with Gasteiger partial charge in [-0.25, -0.2) is 0 Å². The highest BCUT2D eigenvalue weighted by atomic mass is 16.4. The number of amides is 1. The summed E-state index contributed by atoms with van der Waals surface area (Å²) in [5.41, 5.74) is 0.769. The van der Waals surface area contributed by atoms with Crippen LogP contribution in [0.1, 0.15) is 35.0 Å². The Morgan fingerprint density at radius 2 is 1.87 bits per heavy atom. The number of hydrogen-bond acceptors (Lipinski definition) is 3. The number of carbonyl (C=O) groups is 2. The Hall–Kier alpha value is -2.69. The summed E-state index contributed by atoms with van der Waals surface area (Å²) < 4.78 is 0. The van der Waals surface area contributed by atoms with Crippen LogP contribution in [0.15, 0.2) is 48.7 Å². The third-order valence-corrected chi connectivity index (χ3v) is 4.06. The van der Waals surface area contributed by atoms with E-state index in [0.29, 0.717) is 17.5 Å². The second-order valence-electron chi connectivity index (χ2n) is 5.48. The Kier molecular flexibility index (Phi) is 5.11. The van der Waals surface area contributed by atoms with Crippen LogP contribution in [-0.4, -0.2) is 28.5 Å². The van der Waals surface area contributed by atoms with Gasteiger partial charge in [0.2, 0.25) is 0 Å². The van der Waals surface area contributed by atoms with Gasteiger partial charge in [0.25, 0.3) is 5.91 Å². The first-order valence-electron chi connectivity index (χ1n) is 7.49. The van der Waals surface area contributed by atoms with Gasteiger partial charge < -0.3 is 10.4 Å². The van der Waals surface area contributed by atoms with Crippen molar-refractivity contribution in [3.05, 3.63) is 65.5 Å². The lowest BCUT2D eigenvalue weighted by Gasteiger charge is -2.29. The summed E-state index contributed by atoms with van der Waals surface area (Å²) in [4.78, 5) is 28.2. The van der Waals surface area contributed by atoms with Crippen molar-refractivity contribution in [2.45, 2.75) is 25.7 Å². The zero-order valence-electron chi connectivity index (χ0n) is 13.2. The van der Waals surface area contributed by atoms with Gasteiger partial charge >= 0.3 is 5.97 Å². The van der Waals surface area contributed by atoms with E-state index in [1.807, 2.05) is 13.0 Å². The number of rotatable bonds is 6. The zero-order chi connectivity index (χ0) is 16.9. The van der Waals surface area contributed by atoms with Gasteiger partial charge in [0, 0.05) is 18.4 Å². The fourth-order valence-corrected chi connectivity index (χ4v) is 2.47. The van der Waals surface area contributed by atoms with Crippen molar-refractivity contribution < 1.29 is 14.7 Å². The van der Waals surface area contributed by atoms with Gasteiger partial charge in [0.15, 0.2) is 0 Å². The van der Waals surface area contributed by atoms with Crippen molar-refractivity contribution in [2.75, 3.05) is 6.54 Å². The van der Waals surface area contributed by atoms with Gasteiger partial charge in [-0.2, -0.15) is 0 Å². The van der Waals surface area contributed by atoms with E-state index >= 15 is 0 Å². The van der Waals surface area contributed by atoms with Crippen LogP contribution in [0.5, 0.6) is 0 Å². The molecule has 5 nitrogen and oxygen atoms in total. The molecule has 0 aliphatic rings. The van der Waals surface area contributed by atoms with Crippen molar-refractivity contribution in [3.8, 4) is 0 Å². The van der Waals surface area contributed by atoms with E-state index in [1.54, 1.807) is 43.3 Å². The molecule has 0 spiro atoms. The number of aliphatic carboxylic acids is 1. The average Bonchev–Trinajstić information content (AvgIpc) is 2.57. The minimum atomic E-state index is -1.14. The van der Waals surface area contributed by atoms with Gasteiger partial charge in [-0.15, -0.1) is 0 Å². The Bertz CT molecular complexity index is 683. The fraction of sp³-hybridized carbons (Fsp3) is 0.278. The molecular weight excluding hydrogens is 292 g/mol. The van der Waals surface area contributed by atoms with Crippen molar-refractivity contribution in [2.24, 2.45) is 0 Å². The second-order valence-corrected chi connectivity index (χ2v) is 5.48. The summed E-state index contributed by atoms with van der Waals surface area (Å²) in [6.45, 7) is 3.67. The number of aryl methyl sites for hydroxylation is 1. The first kappa shape index (κ1) is 16.7. The largest absolute Gasteiger partial charge is 0.481 e. The van der Waals surface area contributed by atoms with Crippen molar-refractivity contribution in [1.82, 2.24) is 10.3 Å². The Morgan fingerprint density at radius 1 is 1.17 bits per heavy atom. The molecule has 0 aliphatic carbocycles. The first-order chi connectivity index (χ1) is 11.0. The Morgan fingerprint density at radius 3 is 2.39 bits per heavy atom. The van der Waals surface area contributed by atoms with E-state index in [4.69, 9.17) is 0 Å². The van der Waals surface area contributed by atoms with Gasteiger partial charge in [0.1, 0.15) is 5.41 Å². The molecule has 1 amide bonds. The van der Waals surface area contributed by atoms with Gasteiger partial charge in [-0.3, -0.25) is 14.6 Å². The summed E-state index contributed by atoms with van der Waals surface area (Å²) in [7, 11) is 0. The number of hydrogen-bond donors (Lipinski definition) is 2. The third kappa shape index (κ3) is 3.56. The highest BCUT2D eigenvalue weighted by molar-refractivity contribution is 5.94. The van der Waals surface area contributed by atoms with Crippen LogP contribution < -0.4 is 5.32 Å². The molecule has 0 aliphatic heterocycles. The first-order valence-corrected chi connectivity index (χ1v) is 7.49. The molecule has 0 fully saturated rings. The van der Waals surface area contributed by atoms with Crippen LogP contribution in [-0.2, 0) is 10.2 Å². The summed E-state index contributed by atoms with van der Waals surface area (Å²) in [5.74, 6) is -1.28. The SMILES string of the molecule is CCC(CNC(=O)c1ccc(C)nc1)(C(=O)O)c1ccccc1. The van der Waals surface area contributed by atoms with Crippen molar-refractivity contribution in [3.63, 3.8) is 0 Å². The van der Waals surface area contributed by atoms with E-state index in [0.717, 1.165) is 5.69 Å². The summed E-state index contributed by atoms with van der Waals surface area (Å²) >= 11 is 0. The zero-order valence-corrected chi connectivity index (χ0v) is 13.2. The molecule has 120 valence electrons. The molecule has 0 radical (unpaired) electrons. The molecular formula is C18H20N2O3. The molecule has 1 unspecified atom stereocenters. The third-order valence-electron chi connectivity index (χ3n) is 4.06. The highest BCUT2D eigenvalue weighted by Gasteiger charge is 2.39. The number of carboxylic acids is 1. The van der Waals surface area contributed by atoms with Crippen LogP contribution >= 0.6 is 0 Å². The average molecular weight is 312 g/mol. The lowest BCUT2D eigenvalue weighted by Crippen LogP contribution is -2.46. The van der Waals surface area contributed by atoms with Crippen LogP contribution in [0, 0.1) is 6.92 Å². The smallest absolute Gasteiger partial charge is 0.315 e. The molecule has 0 bridgehead atoms. The molecule has 2 aromatic rings. The monoisotopic (exact) mass is 312 g/mol. The predicted octanol–water partition coefficient (Wildman–Crippen LogP) is 2.55. The van der Waals surface area contributed by atoms with E-state index in [1.165, 1.54) is 6.20 Å². The minimum Gasteiger partial charge on any atom is -0.481 e. The van der Waals surface area contributed by atoms with Crippen LogP contribution in [0.3, 0.4) is 0 Å². The predicted molar refractivity (Wildman–Crippen MR) is 87.4 cm³/mol. The maximum Gasteiger partial charge on any atom is 0.315 e. The number of nitrogens with zero attached hydrogens (tertiary/aromatic N) is 1. The number of aromatic nitrogens is 1. The number of carboxylic acid groups (broad SMARTS) is 1. The van der Waals surface area contributed by atoms with E-state index in [9.17, 15) is 14.7 Å². The number of benzene rings is 1. The second kappa shape index (κ2) is 7.05. The summed E-state index contributed by atoms with van der Waals surface area (Å²) in [5, 5.41) is 12.5. The van der Waals surface area contributed by atoms with Gasteiger partial charge in [0.05, 0.1) is 5.56 Å². The summed E-state index contributed by atoms with van der Waals surface area (Å²) in [6, 6.07) is 12.4. The lowest BCUT2D eigenvalue weighted by atomic mass is 9.78. The summed E-state index contributed by atoms with van der Waals surface area (Å²) in [6.07, 6.45) is 1.86. The van der Waals surface area contributed by atoms with Gasteiger partial charge in [-0.1, -0.05) is 37.3 Å². The Balaban J connectivity index is 2.21. The molecule has 5 heteroatoms. The van der Waals surface area contributed by atoms with E-state index in [-0.39, 0.29) is 12.5 Å². The normalized spacial score (nSPS) is 13.1. The topological polar surface area (TPSA) is 79.3 Å². The molecule has 1 atom stereocenters. The highest BCUT2D eigenvalue weighted by Crippen LogP contribution is 2.28. The number of carbonyl (C=O) groups excluding carboxylic acids is 1. The Labute approximate surface area is 135 Å². The van der Waals surface area contributed by atoms with Crippen LogP contribution in [0.25, 0.3) is 0 Å². The molecule has 0 saturated heterocycles. The molecule has 1 heterocycles. The van der Waals surface area contributed by atoms with Crippen molar-refractivity contribution in [1.29, 1.82) is 0 Å². The van der Waals surface area contributed by atoms with Gasteiger partial charge in [-0.05, 0) is 31.0 Å².